The van der Waals surface area contributed by atoms with Gasteiger partial charge in [0.1, 0.15) is 5.69 Å². The summed E-state index contributed by atoms with van der Waals surface area (Å²) in [7, 11) is 0. The molecule has 6 nitrogen and oxygen atoms in total. The molecule has 19 heavy (non-hydrogen) atoms. The molecule has 0 bridgehead atoms. The number of hydrogen-bond donors (Lipinski definition) is 1. The van der Waals surface area contributed by atoms with Crippen LogP contribution >= 0.6 is 12.4 Å². The van der Waals surface area contributed by atoms with Crippen molar-refractivity contribution in [1.82, 2.24) is 20.1 Å². The minimum atomic E-state index is -4.62. The van der Waals surface area contributed by atoms with Crippen molar-refractivity contribution >= 4 is 12.4 Å². The zero-order valence-corrected chi connectivity index (χ0v) is 10.4. The summed E-state index contributed by atoms with van der Waals surface area (Å²) in [5.41, 5.74) is 5.42. The van der Waals surface area contributed by atoms with E-state index >= 15 is 0 Å². The van der Waals surface area contributed by atoms with Crippen LogP contribution in [0, 0.1) is 0 Å². The van der Waals surface area contributed by atoms with Gasteiger partial charge in [0.05, 0.1) is 6.04 Å². The Balaban J connectivity index is 0.00000180. The lowest BCUT2D eigenvalue weighted by molar-refractivity contribution is -0.144. The Kier molecular flexibility index (Phi) is 4.43. The van der Waals surface area contributed by atoms with Crippen molar-refractivity contribution in [3.8, 4) is 11.5 Å². The molecular formula is C9H9ClF3N5O. The molecule has 104 valence electrons. The number of aromatic nitrogens is 4. The van der Waals surface area contributed by atoms with E-state index in [0.29, 0.717) is 0 Å². The molecule has 2 aromatic heterocycles. The number of rotatable bonds is 2. The minimum absolute atomic E-state index is 0. The topological polar surface area (TPSA) is 90.7 Å². The fraction of sp³-hybridized carbons (Fsp3) is 0.333. The monoisotopic (exact) mass is 295 g/mol. The number of nitrogens with zero attached hydrogens (tertiary/aromatic N) is 4. The second-order valence-electron chi connectivity index (χ2n) is 3.51. The number of nitrogens with two attached hydrogens (primary N) is 1. The highest BCUT2D eigenvalue weighted by atomic mass is 35.5. The molecule has 1 unspecified atom stereocenters. The average molecular weight is 296 g/mol. The van der Waals surface area contributed by atoms with Gasteiger partial charge in [0.2, 0.25) is 17.5 Å². The Morgan fingerprint density at radius 1 is 1.32 bits per heavy atom. The number of alkyl halides is 3. The molecule has 0 aromatic carbocycles. The maximum atomic E-state index is 12.4. The smallest absolute Gasteiger partial charge is 0.337 e. The minimum Gasteiger partial charge on any atom is -0.337 e. The standard InChI is InChI=1S/C9H8F3N5O.ClH/c1-4(13)7-16-6(17-18-7)5-2-3-14-8(15-5)9(10,11)12;/h2-4H,13H2,1H3;1H. The van der Waals surface area contributed by atoms with E-state index in [1.165, 1.54) is 6.07 Å². The first kappa shape index (κ1) is 15.3. The Labute approximate surface area is 111 Å². The van der Waals surface area contributed by atoms with Crippen LogP contribution < -0.4 is 5.73 Å². The van der Waals surface area contributed by atoms with Gasteiger partial charge in [-0.25, -0.2) is 9.97 Å². The highest BCUT2D eigenvalue weighted by molar-refractivity contribution is 5.85. The van der Waals surface area contributed by atoms with Crippen LogP contribution in [0.15, 0.2) is 16.8 Å². The van der Waals surface area contributed by atoms with Crippen molar-refractivity contribution in [2.75, 3.05) is 0 Å². The summed E-state index contributed by atoms with van der Waals surface area (Å²) in [4.78, 5) is 10.3. The van der Waals surface area contributed by atoms with Gasteiger partial charge in [-0.3, -0.25) is 0 Å². The Morgan fingerprint density at radius 3 is 2.53 bits per heavy atom. The highest BCUT2D eigenvalue weighted by Gasteiger charge is 2.35. The molecule has 0 spiro atoms. The van der Waals surface area contributed by atoms with E-state index in [-0.39, 0.29) is 29.8 Å². The van der Waals surface area contributed by atoms with Crippen molar-refractivity contribution in [1.29, 1.82) is 0 Å². The van der Waals surface area contributed by atoms with Crippen LogP contribution in [-0.2, 0) is 6.18 Å². The SMILES string of the molecule is CC(N)c1nc(-c2ccnc(C(F)(F)F)n2)no1.Cl. The lowest BCUT2D eigenvalue weighted by atomic mass is 10.3. The van der Waals surface area contributed by atoms with E-state index in [1.54, 1.807) is 6.92 Å². The zero-order valence-electron chi connectivity index (χ0n) is 9.55. The average Bonchev–Trinajstić information content (AvgIpc) is 2.77. The summed E-state index contributed by atoms with van der Waals surface area (Å²) in [5.74, 6) is -1.19. The predicted octanol–water partition coefficient (Wildman–Crippen LogP) is 1.99. The van der Waals surface area contributed by atoms with E-state index < -0.39 is 18.0 Å². The molecule has 2 N–H and O–H groups in total. The molecule has 0 saturated heterocycles. The van der Waals surface area contributed by atoms with Crippen molar-refractivity contribution in [3.63, 3.8) is 0 Å². The molecule has 0 aliphatic heterocycles. The number of hydrogen-bond acceptors (Lipinski definition) is 6. The first-order valence-corrected chi connectivity index (χ1v) is 4.87. The van der Waals surface area contributed by atoms with Gasteiger partial charge in [0.15, 0.2) is 0 Å². The zero-order chi connectivity index (χ0) is 13.3. The van der Waals surface area contributed by atoms with Crippen LogP contribution in [0.5, 0.6) is 0 Å². The second kappa shape index (κ2) is 5.49. The Bertz CT molecular complexity index is 557. The van der Waals surface area contributed by atoms with Gasteiger partial charge in [-0.05, 0) is 13.0 Å². The van der Waals surface area contributed by atoms with Crippen molar-refractivity contribution < 1.29 is 17.7 Å². The molecule has 0 fully saturated rings. The summed E-state index contributed by atoms with van der Waals surface area (Å²) >= 11 is 0. The summed E-state index contributed by atoms with van der Waals surface area (Å²) in [5, 5.41) is 3.51. The lowest BCUT2D eigenvalue weighted by Crippen LogP contribution is -2.11. The van der Waals surface area contributed by atoms with E-state index in [0.717, 1.165) is 6.20 Å². The van der Waals surface area contributed by atoms with Crippen LogP contribution in [0.25, 0.3) is 11.5 Å². The van der Waals surface area contributed by atoms with Gasteiger partial charge < -0.3 is 10.3 Å². The van der Waals surface area contributed by atoms with E-state index in [4.69, 9.17) is 10.3 Å². The Morgan fingerprint density at radius 2 is 2.00 bits per heavy atom. The first-order chi connectivity index (χ1) is 8.38. The summed E-state index contributed by atoms with van der Waals surface area (Å²) < 4.78 is 42.0. The molecule has 0 aliphatic rings. The maximum absolute atomic E-state index is 12.4. The van der Waals surface area contributed by atoms with Gasteiger partial charge in [-0.2, -0.15) is 18.2 Å². The van der Waals surface area contributed by atoms with E-state index in [2.05, 4.69) is 20.1 Å². The molecule has 10 heteroatoms. The van der Waals surface area contributed by atoms with Crippen molar-refractivity contribution in [2.24, 2.45) is 5.73 Å². The molecule has 2 rings (SSSR count). The normalized spacial score (nSPS) is 12.9. The fourth-order valence-corrected chi connectivity index (χ4v) is 1.14. The third-order valence-electron chi connectivity index (χ3n) is 1.97. The molecule has 0 radical (unpaired) electrons. The van der Waals surface area contributed by atoms with Gasteiger partial charge in [0, 0.05) is 6.20 Å². The molecule has 0 aliphatic carbocycles. The maximum Gasteiger partial charge on any atom is 0.451 e. The molecule has 0 saturated carbocycles. The van der Waals surface area contributed by atoms with Crippen LogP contribution in [-0.4, -0.2) is 20.1 Å². The third kappa shape index (κ3) is 3.38. The molecule has 2 aromatic rings. The van der Waals surface area contributed by atoms with E-state index in [9.17, 15) is 13.2 Å². The van der Waals surface area contributed by atoms with Crippen molar-refractivity contribution in [3.05, 3.63) is 24.0 Å². The molecule has 0 amide bonds. The van der Waals surface area contributed by atoms with Crippen molar-refractivity contribution in [2.45, 2.75) is 19.1 Å². The quantitative estimate of drug-likeness (QED) is 0.911. The van der Waals surface area contributed by atoms with Crippen LogP contribution in [0.1, 0.15) is 24.7 Å². The first-order valence-electron chi connectivity index (χ1n) is 4.87. The van der Waals surface area contributed by atoms with E-state index in [1.807, 2.05) is 0 Å². The second-order valence-corrected chi connectivity index (χ2v) is 3.51. The molecular weight excluding hydrogens is 287 g/mol. The number of halogens is 4. The van der Waals surface area contributed by atoms with Crippen LogP contribution in [0.2, 0.25) is 0 Å². The molecule has 1 atom stereocenters. The largest absolute Gasteiger partial charge is 0.451 e. The van der Waals surface area contributed by atoms with Crippen LogP contribution in [0.4, 0.5) is 13.2 Å². The summed E-state index contributed by atoms with van der Waals surface area (Å²) in [6.45, 7) is 1.61. The summed E-state index contributed by atoms with van der Waals surface area (Å²) in [6, 6.07) is 0.751. The predicted molar refractivity (Wildman–Crippen MR) is 60.2 cm³/mol. The third-order valence-corrected chi connectivity index (χ3v) is 1.97. The van der Waals surface area contributed by atoms with Gasteiger partial charge in [-0.1, -0.05) is 5.16 Å². The fourth-order valence-electron chi connectivity index (χ4n) is 1.14. The summed E-state index contributed by atoms with van der Waals surface area (Å²) in [6.07, 6.45) is -3.64. The van der Waals surface area contributed by atoms with Gasteiger partial charge >= 0.3 is 6.18 Å². The highest BCUT2D eigenvalue weighted by Crippen LogP contribution is 2.27. The van der Waals surface area contributed by atoms with Gasteiger partial charge in [-0.15, -0.1) is 12.4 Å². The van der Waals surface area contributed by atoms with Crippen LogP contribution in [0.3, 0.4) is 0 Å². The van der Waals surface area contributed by atoms with Gasteiger partial charge in [0.25, 0.3) is 0 Å². The Hall–Kier alpha value is -1.74. The molecule has 2 heterocycles. The lowest BCUT2D eigenvalue weighted by Gasteiger charge is -2.04.